The molecule has 1 atom stereocenters. The summed E-state index contributed by atoms with van der Waals surface area (Å²) in [6, 6.07) is 0. The van der Waals surface area contributed by atoms with E-state index >= 15 is 0 Å². The maximum Gasteiger partial charge on any atom is 0.234 e. The summed E-state index contributed by atoms with van der Waals surface area (Å²) in [6.45, 7) is 5.56. The smallest absolute Gasteiger partial charge is 0.234 e. The number of piperidine rings is 1. The quantitative estimate of drug-likeness (QED) is 0.534. The van der Waals surface area contributed by atoms with Gasteiger partial charge in [0, 0.05) is 26.6 Å². The highest BCUT2D eigenvalue weighted by atomic mass is 16.2. The van der Waals surface area contributed by atoms with Gasteiger partial charge in [-0.05, 0) is 38.3 Å². The second kappa shape index (κ2) is 8.87. The summed E-state index contributed by atoms with van der Waals surface area (Å²) in [4.78, 5) is 24.6. The molecule has 19 heavy (non-hydrogen) atoms. The third-order valence-electron chi connectivity index (χ3n) is 3.37. The molecule has 1 fully saturated rings. The van der Waals surface area contributed by atoms with Gasteiger partial charge in [-0.15, -0.1) is 0 Å². The van der Waals surface area contributed by atoms with E-state index in [2.05, 4.69) is 15.5 Å². The van der Waals surface area contributed by atoms with Crippen molar-refractivity contribution < 1.29 is 9.59 Å². The lowest BCUT2D eigenvalue weighted by Crippen LogP contribution is -2.44. The summed E-state index contributed by atoms with van der Waals surface area (Å²) in [7, 11) is 0. The lowest BCUT2D eigenvalue weighted by molar-refractivity contribution is -0.123. The maximum atomic E-state index is 11.7. The van der Waals surface area contributed by atoms with Crippen LogP contribution in [0.15, 0.2) is 0 Å². The number of rotatable bonds is 7. The number of nitrogens with one attached hydrogen (secondary N) is 2. The lowest BCUT2D eigenvalue weighted by atomic mass is 9.95. The second-order valence-corrected chi connectivity index (χ2v) is 5.15. The zero-order valence-electron chi connectivity index (χ0n) is 11.8. The molecule has 1 rings (SSSR count). The van der Waals surface area contributed by atoms with E-state index in [4.69, 9.17) is 5.73 Å². The van der Waals surface area contributed by atoms with Gasteiger partial charge in [0.05, 0.1) is 6.54 Å². The van der Waals surface area contributed by atoms with Crippen molar-refractivity contribution in [1.82, 2.24) is 15.5 Å². The molecule has 0 bridgehead atoms. The standard InChI is InChI=1S/C13H26N4O2/c1-11(18)15-6-7-16-13(19)10-17-8-2-3-12(9-17)4-5-14/h12H,2-10,14H2,1H3,(H,15,18)(H,16,19). The molecule has 6 heteroatoms. The minimum atomic E-state index is -0.0742. The molecule has 0 radical (unpaired) electrons. The summed E-state index contributed by atoms with van der Waals surface area (Å²) in [6.07, 6.45) is 3.41. The fourth-order valence-corrected chi connectivity index (χ4v) is 2.47. The van der Waals surface area contributed by atoms with Crippen molar-refractivity contribution in [2.45, 2.75) is 26.2 Å². The molecule has 0 spiro atoms. The fourth-order valence-electron chi connectivity index (χ4n) is 2.47. The predicted octanol–water partition coefficient (Wildman–Crippen LogP) is -0.700. The monoisotopic (exact) mass is 270 g/mol. The van der Waals surface area contributed by atoms with Gasteiger partial charge in [-0.1, -0.05) is 0 Å². The molecule has 4 N–H and O–H groups in total. The Kier molecular flexibility index (Phi) is 7.43. The number of carbonyl (C=O) groups is 2. The van der Waals surface area contributed by atoms with Crippen molar-refractivity contribution in [1.29, 1.82) is 0 Å². The summed E-state index contributed by atoms with van der Waals surface area (Å²) >= 11 is 0. The zero-order chi connectivity index (χ0) is 14.1. The molecule has 0 aromatic heterocycles. The number of nitrogens with zero attached hydrogens (tertiary/aromatic N) is 1. The van der Waals surface area contributed by atoms with Crippen LogP contribution < -0.4 is 16.4 Å². The molecule has 2 amide bonds. The van der Waals surface area contributed by atoms with E-state index in [1.165, 1.54) is 13.3 Å². The minimum Gasteiger partial charge on any atom is -0.355 e. The Labute approximate surface area is 115 Å². The van der Waals surface area contributed by atoms with E-state index < -0.39 is 0 Å². The highest BCUT2D eigenvalue weighted by Crippen LogP contribution is 2.18. The van der Waals surface area contributed by atoms with Crippen molar-refractivity contribution in [3.63, 3.8) is 0 Å². The summed E-state index contributed by atoms with van der Waals surface area (Å²) in [5, 5.41) is 5.46. The van der Waals surface area contributed by atoms with Crippen molar-refractivity contribution in [3.8, 4) is 0 Å². The van der Waals surface area contributed by atoms with E-state index in [1.807, 2.05) is 0 Å². The molecule has 1 saturated heterocycles. The normalized spacial score (nSPS) is 20.0. The number of hydrogen-bond donors (Lipinski definition) is 3. The van der Waals surface area contributed by atoms with Crippen molar-refractivity contribution >= 4 is 11.8 Å². The van der Waals surface area contributed by atoms with Gasteiger partial charge in [-0.3, -0.25) is 14.5 Å². The largest absolute Gasteiger partial charge is 0.355 e. The van der Waals surface area contributed by atoms with E-state index in [0.29, 0.717) is 25.6 Å². The third kappa shape index (κ3) is 7.12. The Morgan fingerprint density at radius 3 is 2.74 bits per heavy atom. The van der Waals surface area contributed by atoms with Crippen LogP contribution in [0.1, 0.15) is 26.2 Å². The Balaban J connectivity index is 2.15. The van der Waals surface area contributed by atoms with E-state index in [9.17, 15) is 9.59 Å². The van der Waals surface area contributed by atoms with Crippen molar-refractivity contribution in [2.75, 3.05) is 39.3 Å². The molecule has 1 aliphatic heterocycles. The predicted molar refractivity (Wildman–Crippen MR) is 74.5 cm³/mol. The zero-order valence-corrected chi connectivity index (χ0v) is 11.8. The first-order valence-corrected chi connectivity index (χ1v) is 7.05. The van der Waals surface area contributed by atoms with E-state index in [1.54, 1.807) is 0 Å². The molecule has 0 aromatic rings. The van der Waals surface area contributed by atoms with Crippen LogP contribution in [-0.2, 0) is 9.59 Å². The third-order valence-corrected chi connectivity index (χ3v) is 3.37. The molecule has 110 valence electrons. The first-order chi connectivity index (χ1) is 9.11. The average molecular weight is 270 g/mol. The molecule has 1 heterocycles. The number of hydrogen-bond acceptors (Lipinski definition) is 4. The number of likely N-dealkylation sites (tertiary alicyclic amines) is 1. The van der Waals surface area contributed by atoms with Crippen LogP contribution in [-0.4, -0.2) is 56.0 Å². The maximum absolute atomic E-state index is 11.7. The molecule has 1 unspecified atom stereocenters. The minimum absolute atomic E-state index is 0.0266. The van der Waals surface area contributed by atoms with Gasteiger partial charge < -0.3 is 16.4 Å². The molecular weight excluding hydrogens is 244 g/mol. The van der Waals surface area contributed by atoms with Crippen LogP contribution >= 0.6 is 0 Å². The molecule has 1 aliphatic rings. The van der Waals surface area contributed by atoms with Crippen LogP contribution in [0.5, 0.6) is 0 Å². The molecular formula is C13H26N4O2. The van der Waals surface area contributed by atoms with Gasteiger partial charge in [0.25, 0.3) is 0 Å². The lowest BCUT2D eigenvalue weighted by Gasteiger charge is -2.32. The van der Waals surface area contributed by atoms with Gasteiger partial charge in [-0.2, -0.15) is 0 Å². The van der Waals surface area contributed by atoms with Crippen LogP contribution in [0.25, 0.3) is 0 Å². The van der Waals surface area contributed by atoms with Gasteiger partial charge in [0.15, 0.2) is 0 Å². The first kappa shape index (κ1) is 15.9. The molecule has 0 aliphatic carbocycles. The Morgan fingerprint density at radius 2 is 2.05 bits per heavy atom. The Bertz CT molecular complexity index is 294. The average Bonchev–Trinajstić information content (AvgIpc) is 2.35. The first-order valence-electron chi connectivity index (χ1n) is 7.05. The highest BCUT2D eigenvalue weighted by molar-refractivity contribution is 5.78. The van der Waals surface area contributed by atoms with Gasteiger partial charge in [-0.25, -0.2) is 0 Å². The van der Waals surface area contributed by atoms with Crippen LogP contribution in [0.4, 0.5) is 0 Å². The van der Waals surface area contributed by atoms with Crippen molar-refractivity contribution in [2.24, 2.45) is 11.7 Å². The number of nitrogens with two attached hydrogens (primary N) is 1. The summed E-state index contributed by atoms with van der Waals surface area (Å²) < 4.78 is 0. The fraction of sp³-hybridized carbons (Fsp3) is 0.846. The van der Waals surface area contributed by atoms with Gasteiger partial charge in [0.1, 0.15) is 0 Å². The highest BCUT2D eigenvalue weighted by Gasteiger charge is 2.20. The Morgan fingerprint density at radius 1 is 1.32 bits per heavy atom. The van der Waals surface area contributed by atoms with Gasteiger partial charge >= 0.3 is 0 Å². The molecule has 6 nitrogen and oxygen atoms in total. The van der Waals surface area contributed by atoms with Crippen LogP contribution in [0.3, 0.4) is 0 Å². The van der Waals surface area contributed by atoms with Gasteiger partial charge in [0.2, 0.25) is 11.8 Å². The number of amides is 2. The van der Waals surface area contributed by atoms with E-state index in [-0.39, 0.29) is 11.8 Å². The van der Waals surface area contributed by atoms with Crippen LogP contribution in [0, 0.1) is 5.92 Å². The van der Waals surface area contributed by atoms with Crippen molar-refractivity contribution in [3.05, 3.63) is 0 Å². The summed E-state index contributed by atoms with van der Waals surface area (Å²) in [5.41, 5.74) is 5.58. The molecule has 0 saturated carbocycles. The van der Waals surface area contributed by atoms with Crippen LogP contribution in [0.2, 0.25) is 0 Å². The Hall–Kier alpha value is -1.14. The van der Waals surface area contributed by atoms with E-state index in [0.717, 1.165) is 32.5 Å². The number of carbonyl (C=O) groups excluding carboxylic acids is 2. The molecule has 0 aromatic carbocycles. The second-order valence-electron chi connectivity index (χ2n) is 5.15. The SMILES string of the molecule is CC(=O)NCCNC(=O)CN1CCCC(CCN)C1. The topological polar surface area (TPSA) is 87.5 Å². The summed E-state index contributed by atoms with van der Waals surface area (Å²) in [5.74, 6) is 0.583.